The second-order valence-corrected chi connectivity index (χ2v) is 5.12. The fraction of sp³-hybridized carbons (Fsp3) is 0.909. The van der Waals surface area contributed by atoms with E-state index >= 15 is 0 Å². The predicted molar refractivity (Wildman–Crippen MR) is 63.2 cm³/mol. The van der Waals surface area contributed by atoms with Crippen molar-refractivity contribution in [2.75, 3.05) is 6.61 Å². The fourth-order valence-corrected chi connectivity index (χ4v) is 2.25. The fourth-order valence-electron chi connectivity index (χ4n) is 2.25. The zero-order valence-corrected chi connectivity index (χ0v) is 11.2. The van der Waals surface area contributed by atoms with Crippen LogP contribution in [0.25, 0.3) is 0 Å². The molecule has 2 fully saturated rings. The first-order chi connectivity index (χ1) is 10.2. The highest BCUT2D eigenvalue weighted by atomic mass is 16.7. The van der Waals surface area contributed by atoms with Crippen LogP contribution >= 0.6 is 0 Å². The summed E-state index contributed by atoms with van der Waals surface area (Å²) >= 11 is 0. The van der Waals surface area contributed by atoms with E-state index in [1.54, 1.807) is 0 Å². The predicted octanol–water partition coefficient (Wildman–Crippen LogP) is -4.67. The molecule has 0 aromatic heterocycles. The average Bonchev–Trinajstić information content (AvgIpc) is 2.47. The van der Waals surface area contributed by atoms with Gasteiger partial charge in [-0.05, 0) is 0 Å². The molecule has 11 heteroatoms. The third kappa shape index (κ3) is 3.22. The number of hydrogen-bond donors (Lipinski definition) is 7. The maximum atomic E-state index is 10.9. The molecule has 128 valence electrons. The average molecular weight is 326 g/mol. The summed E-state index contributed by atoms with van der Waals surface area (Å²) in [5, 5.41) is 66.5. The molecule has 2 rings (SSSR count). The lowest BCUT2D eigenvalue weighted by molar-refractivity contribution is -0.347. The second kappa shape index (κ2) is 6.70. The van der Waals surface area contributed by atoms with Gasteiger partial charge in [0.15, 0.2) is 18.7 Å². The monoisotopic (exact) mass is 326 g/mol. The van der Waals surface area contributed by atoms with Crippen molar-refractivity contribution in [3.8, 4) is 0 Å². The molecule has 2 aliphatic heterocycles. The number of carboxylic acids is 1. The Labute approximate surface area is 123 Å². The van der Waals surface area contributed by atoms with Gasteiger partial charge in [0.2, 0.25) is 0 Å². The standard InChI is InChI=1S/C11H18O11/c12-2-1-20-10(19)8(3(2)13)22-11-6(16)4(14)5(15)7(21-11)9(17)18/h2-8,10-16,19H,1H2,(H,17,18). The van der Waals surface area contributed by atoms with Gasteiger partial charge in [-0.15, -0.1) is 0 Å². The molecule has 22 heavy (non-hydrogen) atoms. The van der Waals surface area contributed by atoms with E-state index in [0.29, 0.717) is 0 Å². The number of carboxylic acid groups (broad SMARTS) is 1. The van der Waals surface area contributed by atoms with Crippen LogP contribution in [-0.4, -0.2) is 104 Å². The van der Waals surface area contributed by atoms with Crippen LogP contribution in [0, 0.1) is 0 Å². The van der Waals surface area contributed by atoms with E-state index in [1.165, 1.54) is 0 Å². The van der Waals surface area contributed by atoms with Crippen molar-refractivity contribution in [2.24, 2.45) is 0 Å². The first-order valence-corrected chi connectivity index (χ1v) is 6.47. The number of rotatable bonds is 3. The summed E-state index contributed by atoms with van der Waals surface area (Å²) in [4.78, 5) is 10.9. The van der Waals surface area contributed by atoms with Crippen LogP contribution in [0.3, 0.4) is 0 Å². The summed E-state index contributed by atoms with van der Waals surface area (Å²) in [6.45, 7) is -0.352. The summed E-state index contributed by atoms with van der Waals surface area (Å²) < 4.78 is 14.6. The third-order valence-electron chi connectivity index (χ3n) is 3.55. The van der Waals surface area contributed by atoms with Crippen LogP contribution in [0.4, 0.5) is 0 Å². The molecule has 0 aromatic carbocycles. The maximum absolute atomic E-state index is 10.9. The van der Waals surface area contributed by atoms with E-state index in [1.807, 2.05) is 0 Å². The van der Waals surface area contributed by atoms with Crippen LogP contribution < -0.4 is 0 Å². The number of carbonyl (C=O) groups is 1. The second-order valence-electron chi connectivity index (χ2n) is 5.12. The highest BCUT2D eigenvalue weighted by Crippen LogP contribution is 2.26. The number of hydrogen-bond acceptors (Lipinski definition) is 10. The molecule has 9 atom stereocenters. The van der Waals surface area contributed by atoms with Gasteiger partial charge in [-0.1, -0.05) is 0 Å². The minimum Gasteiger partial charge on any atom is -0.479 e. The quantitative estimate of drug-likeness (QED) is 0.264. The van der Waals surface area contributed by atoms with Crippen molar-refractivity contribution < 1.29 is 54.8 Å². The molecule has 2 heterocycles. The van der Waals surface area contributed by atoms with E-state index in [-0.39, 0.29) is 6.61 Å². The summed E-state index contributed by atoms with van der Waals surface area (Å²) in [5.41, 5.74) is 0. The topological polar surface area (TPSA) is 186 Å². The largest absolute Gasteiger partial charge is 0.479 e. The Bertz CT molecular complexity index is 403. The Balaban J connectivity index is 2.11. The molecule has 0 aliphatic carbocycles. The Morgan fingerprint density at radius 1 is 0.955 bits per heavy atom. The van der Waals surface area contributed by atoms with Gasteiger partial charge < -0.3 is 50.0 Å². The van der Waals surface area contributed by atoms with Crippen molar-refractivity contribution in [3.63, 3.8) is 0 Å². The number of aliphatic hydroxyl groups excluding tert-OH is 6. The minimum atomic E-state index is -1.89. The molecular weight excluding hydrogens is 308 g/mol. The van der Waals surface area contributed by atoms with Gasteiger partial charge >= 0.3 is 5.97 Å². The summed E-state index contributed by atoms with van der Waals surface area (Å²) in [7, 11) is 0. The molecule has 11 nitrogen and oxygen atoms in total. The van der Waals surface area contributed by atoms with Crippen molar-refractivity contribution >= 4 is 5.97 Å². The molecular formula is C11H18O11. The van der Waals surface area contributed by atoms with Gasteiger partial charge in [0.25, 0.3) is 0 Å². The van der Waals surface area contributed by atoms with Crippen molar-refractivity contribution in [1.82, 2.24) is 0 Å². The molecule has 7 N–H and O–H groups in total. The zero-order valence-electron chi connectivity index (χ0n) is 11.2. The number of aliphatic hydroxyl groups is 6. The Kier molecular flexibility index (Phi) is 5.32. The van der Waals surface area contributed by atoms with E-state index in [9.17, 15) is 35.4 Å². The number of ether oxygens (including phenoxy) is 3. The molecule has 0 spiro atoms. The van der Waals surface area contributed by atoms with E-state index in [2.05, 4.69) is 0 Å². The van der Waals surface area contributed by atoms with Crippen molar-refractivity contribution in [2.45, 2.75) is 55.3 Å². The van der Waals surface area contributed by atoms with Gasteiger partial charge in [-0.2, -0.15) is 0 Å². The van der Waals surface area contributed by atoms with Crippen LogP contribution in [0.5, 0.6) is 0 Å². The SMILES string of the molecule is O=C(O)C1OC(OC2C(O)OCC(O)C2O)C(O)C(O)C1O. The van der Waals surface area contributed by atoms with Crippen LogP contribution in [0.1, 0.15) is 0 Å². The summed E-state index contributed by atoms with van der Waals surface area (Å²) in [5.74, 6) is -1.60. The maximum Gasteiger partial charge on any atom is 0.335 e. The van der Waals surface area contributed by atoms with Crippen LogP contribution in [0.15, 0.2) is 0 Å². The first-order valence-electron chi connectivity index (χ1n) is 6.47. The van der Waals surface area contributed by atoms with Crippen LogP contribution in [0.2, 0.25) is 0 Å². The van der Waals surface area contributed by atoms with Gasteiger partial charge in [-0.25, -0.2) is 4.79 Å². The van der Waals surface area contributed by atoms with E-state index in [0.717, 1.165) is 0 Å². The van der Waals surface area contributed by atoms with Gasteiger partial charge in [0, 0.05) is 0 Å². The molecule has 0 bridgehead atoms. The van der Waals surface area contributed by atoms with Crippen molar-refractivity contribution in [1.29, 1.82) is 0 Å². The molecule has 2 aliphatic rings. The molecule has 0 aromatic rings. The molecule has 9 unspecified atom stereocenters. The minimum absolute atomic E-state index is 0.352. The summed E-state index contributed by atoms with van der Waals surface area (Å²) in [6.07, 6.45) is -15.5. The smallest absolute Gasteiger partial charge is 0.335 e. The Morgan fingerprint density at radius 3 is 2.18 bits per heavy atom. The molecule has 0 radical (unpaired) electrons. The van der Waals surface area contributed by atoms with E-state index in [4.69, 9.17) is 19.3 Å². The van der Waals surface area contributed by atoms with Crippen molar-refractivity contribution in [3.05, 3.63) is 0 Å². The zero-order chi connectivity index (χ0) is 16.6. The first kappa shape index (κ1) is 17.5. The van der Waals surface area contributed by atoms with E-state index < -0.39 is 61.3 Å². The molecule has 0 saturated carbocycles. The Hall–Kier alpha value is -0.890. The van der Waals surface area contributed by atoms with Gasteiger partial charge in [0.05, 0.1) is 6.61 Å². The lowest BCUT2D eigenvalue weighted by atomic mass is 9.98. The highest BCUT2D eigenvalue weighted by molar-refractivity contribution is 5.73. The van der Waals surface area contributed by atoms with Crippen LogP contribution in [-0.2, 0) is 19.0 Å². The normalized spacial score (nSPS) is 49.8. The number of aliphatic carboxylic acids is 1. The molecule has 2 saturated heterocycles. The Morgan fingerprint density at radius 2 is 1.59 bits per heavy atom. The highest BCUT2D eigenvalue weighted by Gasteiger charge is 2.50. The third-order valence-corrected chi connectivity index (χ3v) is 3.55. The summed E-state index contributed by atoms with van der Waals surface area (Å²) in [6, 6.07) is 0. The lowest BCUT2D eigenvalue weighted by Crippen LogP contribution is -2.63. The lowest BCUT2D eigenvalue weighted by Gasteiger charge is -2.42. The van der Waals surface area contributed by atoms with Gasteiger partial charge in [0.1, 0.15) is 36.6 Å². The van der Waals surface area contributed by atoms with Gasteiger partial charge in [-0.3, -0.25) is 0 Å². The molecule has 0 amide bonds.